The van der Waals surface area contributed by atoms with Crippen molar-refractivity contribution < 1.29 is 16.8 Å². The minimum atomic E-state index is -3.55. The van der Waals surface area contributed by atoms with Gasteiger partial charge in [-0.25, -0.2) is 16.8 Å². The Morgan fingerprint density at radius 2 is 1.59 bits per heavy atom. The van der Waals surface area contributed by atoms with Crippen LogP contribution in [0.3, 0.4) is 0 Å². The molecule has 2 heterocycles. The molecule has 0 bridgehead atoms. The van der Waals surface area contributed by atoms with Crippen LogP contribution in [0.4, 0.5) is 0 Å². The fourth-order valence-electron chi connectivity index (χ4n) is 4.86. The van der Waals surface area contributed by atoms with E-state index in [1.807, 2.05) is 22.8 Å². The third-order valence-corrected chi connectivity index (χ3v) is 9.97. The summed E-state index contributed by atoms with van der Waals surface area (Å²) in [5.41, 5.74) is 2.86. The molecule has 0 radical (unpaired) electrons. The van der Waals surface area contributed by atoms with E-state index in [1.54, 1.807) is 66.7 Å². The smallest absolute Gasteiger partial charge is 0.199 e. The lowest BCUT2D eigenvalue weighted by atomic mass is 10.0. The highest BCUT2D eigenvalue weighted by Gasteiger charge is 2.20. The molecule has 1 fully saturated rings. The van der Waals surface area contributed by atoms with Crippen LogP contribution in [-0.4, -0.2) is 39.7 Å². The van der Waals surface area contributed by atoms with E-state index >= 15 is 0 Å². The van der Waals surface area contributed by atoms with E-state index in [0.29, 0.717) is 17.5 Å². The van der Waals surface area contributed by atoms with E-state index in [4.69, 9.17) is 0 Å². The van der Waals surface area contributed by atoms with E-state index in [1.165, 1.54) is 5.41 Å². The zero-order valence-corrected chi connectivity index (χ0v) is 22.1. The molecule has 0 amide bonds. The van der Waals surface area contributed by atoms with Crippen LogP contribution in [0.15, 0.2) is 100 Å². The van der Waals surface area contributed by atoms with Crippen molar-refractivity contribution in [3.63, 3.8) is 0 Å². The first kappa shape index (κ1) is 25.4. The van der Waals surface area contributed by atoms with Gasteiger partial charge < -0.3 is 9.88 Å². The van der Waals surface area contributed by atoms with Gasteiger partial charge in [-0.15, -0.1) is 0 Å². The maximum absolute atomic E-state index is 12.9. The van der Waals surface area contributed by atoms with Gasteiger partial charge in [0.2, 0.25) is 0 Å². The Morgan fingerprint density at radius 3 is 2.27 bits per heavy atom. The molecule has 5 rings (SSSR count). The van der Waals surface area contributed by atoms with E-state index in [0.717, 1.165) is 47.8 Å². The minimum Gasteiger partial charge on any atom is -0.346 e. The van der Waals surface area contributed by atoms with Crippen LogP contribution in [0.2, 0.25) is 0 Å². The Morgan fingerprint density at radius 1 is 0.892 bits per heavy atom. The molecule has 0 spiro atoms. The lowest BCUT2D eigenvalue weighted by Gasteiger charge is -2.09. The molecule has 1 unspecified atom stereocenters. The van der Waals surface area contributed by atoms with Crippen LogP contribution in [-0.2, 0) is 32.6 Å². The molecular weight excluding hydrogens is 504 g/mol. The van der Waals surface area contributed by atoms with Gasteiger partial charge in [0, 0.05) is 35.1 Å². The number of fused-ring (bicyclic) bond motifs is 1. The van der Waals surface area contributed by atoms with Gasteiger partial charge in [-0.1, -0.05) is 42.5 Å². The largest absolute Gasteiger partial charge is 0.346 e. The van der Waals surface area contributed by atoms with Crippen molar-refractivity contribution in [2.24, 2.45) is 0 Å². The number of hydrogen-bond acceptors (Lipinski definition) is 5. The lowest BCUT2D eigenvalue weighted by Crippen LogP contribution is -2.23. The van der Waals surface area contributed by atoms with Crippen LogP contribution in [0.5, 0.6) is 0 Å². The van der Waals surface area contributed by atoms with Crippen molar-refractivity contribution in [3.8, 4) is 0 Å². The van der Waals surface area contributed by atoms with Crippen molar-refractivity contribution >= 4 is 36.7 Å². The van der Waals surface area contributed by atoms with Gasteiger partial charge in [0.05, 0.1) is 15.5 Å². The fraction of sp³-hybridized carbons (Fsp3) is 0.241. The summed E-state index contributed by atoms with van der Waals surface area (Å²) in [6.07, 6.45) is 6.76. The molecule has 8 heteroatoms. The average Bonchev–Trinajstić information content (AvgIpc) is 3.55. The second kappa shape index (κ2) is 10.7. The molecule has 0 aliphatic carbocycles. The standard InChI is InChI=1S/C29H30N2O4S2/c32-36(33,26-9-3-1-4-10-26)18-15-23-13-14-29-28(20-23)24(21-25-8-7-16-30-25)22-31(29)17-19-37(34,35)27-11-5-2-6-12-27/h1-6,9-15,18,20,22,25,30H,7-8,16-17,19,21H2. The van der Waals surface area contributed by atoms with E-state index in [2.05, 4.69) is 11.5 Å². The predicted octanol–water partition coefficient (Wildman–Crippen LogP) is 4.85. The molecule has 37 heavy (non-hydrogen) atoms. The average molecular weight is 535 g/mol. The summed E-state index contributed by atoms with van der Waals surface area (Å²) in [5, 5.41) is 5.80. The molecule has 192 valence electrons. The van der Waals surface area contributed by atoms with Crippen molar-refractivity contribution in [3.05, 3.63) is 102 Å². The monoisotopic (exact) mass is 534 g/mol. The fourth-order valence-corrected chi connectivity index (χ4v) is 7.13. The quantitative estimate of drug-likeness (QED) is 0.332. The van der Waals surface area contributed by atoms with Gasteiger partial charge in [-0.2, -0.15) is 0 Å². The maximum atomic E-state index is 12.9. The highest BCUT2D eigenvalue weighted by atomic mass is 32.2. The summed E-state index contributed by atoms with van der Waals surface area (Å²) in [5.74, 6) is -0.00111. The van der Waals surface area contributed by atoms with Crippen LogP contribution in [0.25, 0.3) is 17.0 Å². The molecule has 1 aromatic heterocycles. The Balaban J connectivity index is 1.45. The van der Waals surface area contributed by atoms with Crippen molar-refractivity contribution in [2.75, 3.05) is 12.3 Å². The molecule has 0 saturated carbocycles. The normalized spacial score (nSPS) is 16.6. The first-order valence-electron chi connectivity index (χ1n) is 12.4. The van der Waals surface area contributed by atoms with Gasteiger partial charge in [-0.3, -0.25) is 0 Å². The Kier molecular flexibility index (Phi) is 7.33. The summed E-state index contributed by atoms with van der Waals surface area (Å²) in [6.45, 7) is 1.34. The summed E-state index contributed by atoms with van der Waals surface area (Å²) in [6, 6.07) is 23.1. The van der Waals surface area contributed by atoms with Gasteiger partial charge in [0.15, 0.2) is 19.7 Å². The SMILES string of the molecule is O=S(=O)(C=Cc1ccc2c(c1)c(CC1CCCN1)cn2CCS(=O)(=O)c1ccccc1)c1ccccc1. The molecular formula is C29H30N2O4S2. The van der Waals surface area contributed by atoms with Gasteiger partial charge in [-0.05, 0) is 79.4 Å². The summed E-state index contributed by atoms with van der Waals surface area (Å²) >= 11 is 0. The first-order chi connectivity index (χ1) is 17.8. The number of aromatic nitrogens is 1. The second-order valence-corrected chi connectivity index (χ2v) is 13.4. The lowest BCUT2D eigenvalue weighted by molar-refractivity contribution is 0.588. The third kappa shape index (κ3) is 5.87. The number of rotatable bonds is 9. The van der Waals surface area contributed by atoms with Crippen molar-refractivity contribution in [1.82, 2.24) is 9.88 Å². The number of nitrogens with one attached hydrogen (secondary N) is 1. The molecule has 1 aliphatic rings. The molecule has 4 aromatic rings. The first-order valence-corrected chi connectivity index (χ1v) is 15.6. The molecule has 3 aromatic carbocycles. The Labute approximate surface area is 218 Å². The third-order valence-electron chi connectivity index (χ3n) is 6.83. The van der Waals surface area contributed by atoms with Crippen molar-refractivity contribution in [1.29, 1.82) is 0 Å². The van der Waals surface area contributed by atoms with Crippen LogP contribution < -0.4 is 5.32 Å². The maximum Gasteiger partial charge on any atom is 0.199 e. The van der Waals surface area contributed by atoms with Gasteiger partial charge >= 0.3 is 0 Å². The number of nitrogens with zero attached hydrogens (tertiary/aromatic N) is 1. The minimum absolute atomic E-state index is 0.00111. The summed E-state index contributed by atoms with van der Waals surface area (Å²) < 4.78 is 53.2. The number of sulfone groups is 2. The Hall–Kier alpha value is -3.20. The number of benzene rings is 3. The summed E-state index contributed by atoms with van der Waals surface area (Å²) in [7, 11) is -6.96. The highest BCUT2D eigenvalue weighted by Crippen LogP contribution is 2.27. The van der Waals surface area contributed by atoms with Gasteiger partial charge in [0.1, 0.15) is 0 Å². The van der Waals surface area contributed by atoms with Crippen LogP contribution >= 0.6 is 0 Å². The predicted molar refractivity (Wildman–Crippen MR) is 148 cm³/mol. The zero-order chi connectivity index (χ0) is 25.9. The molecule has 1 N–H and O–H groups in total. The molecule has 1 atom stereocenters. The zero-order valence-electron chi connectivity index (χ0n) is 20.5. The highest BCUT2D eigenvalue weighted by molar-refractivity contribution is 7.94. The van der Waals surface area contributed by atoms with E-state index < -0.39 is 19.7 Å². The van der Waals surface area contributed by atoms with E-state index in [9.17, 15) is 16.8 Å². The molecule has 6 nitrogen and oxygen atoms in total. The van der Waals surface area contributed by atoms with Crippen molar-refractivity contribution in [2.45, 2.75) is 41.6 Å². The van der Waals surface area contributed by atoms with Gasteiger partial charge in [0.25, 0.3) is 0 Å². The topological polar surface area (TPSA) is 85.2 Å². The Bertz CT molecular complexity index is 1620. The van der Waals surface area contributed by atoms with Crippen LogP contribution in [0, 0.1) is 0 Å². The molecule has 1 saturated heterocycles. The van der Waals surface area contributed by atoms with E-state index in [-0.39, 0.29) is 10.6 Å². The second-order valence-electron chi connectivity index (χ2n) is 9.41. The molecule has 1 aliphatic heterocycles. The summed E-state index contributed by atoms with van der Waals surface area (Å²) in [4.78, 5) is 0.583. The van der Waals surface area contributed by atoms with Crippen LogP contribution in [0.1, 0.15) is 24.0 Å². The number of hydrogen-bond donors (Lipinski definition) is 1. The number of aryl methyl sites for hydroxylation is 1.